The van der Waals surface area contributed by atoms with Crippen LogP contribution in [0.25, 0.3) is 0 Å². The summed E-state index contributed by atoms with van der Waals surface area (Å²) in [7, 11) is 0. The number of fused-ring (bicyclic) bond motifs is 1. The van der Waals surface area contributed by atoms with Crippen LogP contribution in [-0.4, -0.2) is 0 Å². The van der Waals surface area contributed by atoms with Gasteiger partial charge in [0.15, 0.2) is 0 Å². The minimum Gasteiger partial charge on any atom is -0.0530 e. The van der Waals surface area contributed by atoms with Gasteiger partial charge >= 0.3 is 0 Å². The molecule has 2 aliphatic carbocycles. The van der Waals surface area contributed by atoms with Gasteiger partial charge in [0.2, 0.25) is 0 Å². The minimum atomic E-state index is 0.916. The first kappa shape index (κ1) is 5.76. The molecule has 2 fully saturated rings. The molecule has 0 saturated heterocycles. The summed E-state index contributed by atoms with van der Waals surface area (Å²) in [5.74, 6) is 1.97. The first-order chi connectivity index (χ1) is 4.47. The highest BCUT2D eigenvalue weighted by Gasteiger charge is 2.29. The third-order valence-electron chi connectivity index (χ3n) is 2.83. The lowest BCUT2D eigenvalue weighted by Gasteiger charge is -2.23. The molecule has 0 spiro atoms. The summed E-state index contributed by atoms with van der Waals surface area (Å²) in [5.41, 5.74) is 0. The predicted molar refractivity (Wildman–Crippen MR) is 37.9 cm³/mol. The van der Waals surface area contributed by atoms with Gasteiger partial charge in [-0.1, -0.05) is 19.3 Å². The fraction of sp³-hybridized carbons (Fsp3) is 0.889. The monoisotopic (exact) mass is 122 g/mol. The van der Waals surface area contributed by atoms with Crippen LogP contribution in [0.5, 0.6) is 0 Å². The summed E-state index contributed by atoms with van der Waals surface area (Å²) in [6.45, 7) is 0. The highest BCUT2D eigenvalue weighted by Crippen LogP contribution is 2.40. The maximum Gasteiger partial charge on any atom is -0.0137 e. The Morgan fingerprint density at radius 3 is 2.78 bits per heavy atom. The van der Waals surface area contributed by atoms with Crippen molar-refractivity contribution in [2.45, 2.75) is 38.5 Å². The van der Waals surface area contributed by atoms with E-state index in [2.05, 4.69) is 6.42 Å². The fourth-order valence-corrected chi connectivity index (χ4v) is 2.28. The molecule has 2 rings (SSSR count). The average molecular weight is 122 g/mol. The van der Waals surface area contributed by atoms with Gasteiger partial charge in [-0.3, -0.25) is 0 Å². The molecule has 2 aliphatic rings. The number of hydrogen-bond acceptors (Lipinski definition) is 0. The topological polar surface area (TPSA) is 0 Å². The number of hydrogen-bond donors (Lipinski definition) is 0. The van der Waals surface area contributed by atoms with E-state index in [1.807, 2.05) is 0 Å². The van der Waals surface area contributed by atoms with Crippen LogP contribution in [-0.2, 0) is 0 Å². The maximum absolute atomic E-state index is 3.56. The molecular formula is C9H14. The molecule has 9 heavy (non-hydrogen) atoms. The van der Waals surface area contributed by atoms with Crippen molar-refractivity contribution >= 4 is 0 Å². The SMILES string of the molecule is [C]1CCC2CCCCC12. The summed E-state index contributed by atoms with van der Waals surface area (Å²) in [6.07, 6.45) is 12.2. The fourth-order valence-electron chi connectivity index (χ4n) is 2.28. The summed E-state index contributed by atoms with van der Waals surface area (Å²) < 4.78 is 0. The van der Waals surface area contributed by atoms with E-state index >= 15 is 0 Å². The Balaban J connectivity index is 1.97. The third kappa shape index (κ3) is 0.997. The predicted octanol–water partition coefficient (Wildman–Crippen LogP) is 2.67. The normalized spacial score (nSPS) is 42.7. The Bertz CT molecular complexity index is 84.2. The molecule has 0 heteroatoms. The average Bonchev–Trinajstić information content (AvgIpc) is 2.33. The molecule has 0 nitrogen and oxygen atoms in total. The molecule has 0 bridgehead atoms. The third-order valence-corrected chi connectivity index (χ3v) is 2.83. The van der Waals surface area contributed by atoms with Gasteiger partial charge in [-0.25, -0.2) is 0 Å². The van der Waals surface area contributed by atoms with E-state index in [1.54, 1.807) is 0 Å². The summed E-state index contributed by atoms with van der Waals surface area (Å²) in [5, 5.41) is 0. The van der Waals surface area contributed by atoms with Gasteiger partial charge in [-0.2, -0.15) is 0 Å². The van der Waals surface area contributed by atoms with E-state index in [0.717, 1.165) is 11.8 Å². The van der Waals surface area contributed by atoms with Crippen LogP contribution in [0.4, 0.5) is 0 Å². The lowest BCUT2D eigenvalue weighted by atomic mass is 9.82. The lowest BCUT2D eigenvalue weighted by molar-refractivity contribution is 0.300. The Morgan fingerprint density at radius 2 is 1.89 bits per heavy atom. The van der Waals surface area contributed by atoms with Gasteiger partial charge in [-0.15, -0.1) is 0 Å². The van der Waals surface area contributed by atoms with Gasteiger partial charge in [0.25, 0.3) is 0 Å². The molecule has 2 saturated carbocycles. The lowest BCUT2D eigenvalue weighted by Crippen LogP contribution is -2.12. The van der Waals surface area contributed by atoms with E-state index in [-0.39, 0.29) is 0 Å². The Hall–Kier alpha value is 0. The van der Waals surface area contributed by atoms with Crippen molar-refractivity contribution in [2.75, 3.05) is 0 Å². The van der Waals surface area contributed by atoms with Crippen molar-refractivity contribution < 1.29 is 0 Å². The van der Waals surface area contributed by atoms with Crippen molar-refractivity contribution in [3.63, 3.8) is 0 Å². The van der Waals surface area contributed by atoms with Crippen molar-refractivity contribution in [3.05, 3.63) is 6.42 Å². The zero-order chi connectivity index (χ0) is 6.10. The van der Waals surface area contributed by atoms with Crippen LogP contribution >= 0.6 is 0 Å². The molecule has 2 radical (unpaired) electrons. The van der Waals surface area contributed by atoms with Crippen LogP contribution in [0.1, 0.15) is 38.5 Å². The smallest absolute Gasteiger partial charge is 0.0137 e. The maximum atomic E-state index is 3.56. The second-order valence-corrected chi connectivity index (χ2v) is 3.39. The van der Waals surface area contributed by atoms with Crippen LogP contribution in [0.3, 0.4) is 0 Å². The van der Waals surface area contributed by atoms with Crippen molar-refractivity contribution in [1.29, 1.82) is 0 Å². The van der Waals surface area contributed by atoms with E-state index in [1.165, 1.54) is 38.5 Å². The first-order valence-electron chi connectivity index (χ1n) is 4.20. The van der Waals surface area contributed by atoms with Gasteiger partial charge in [0, 0.05) is 0 Å². The van der Waals surface area contributed by atoms with Crippen LogP contribution in [0.2, 0.25) is 0 Å². The zero-order valence-corrected chi connectivity index (χ0v) is 5.90. The standard InChI is InChI=1S/C9H14/c1-2-5-9-7-3-6-8(9)4-1/h8-9H,1-6H2. The van der Waals surface area contributed by atoms with Crippen LogP contribution in [0, 0.1) is 18.3 Å². The van der Waals surface area contributed by atoms with E-state index in [0.29, 0.717) is 0 Å². The highest BCUT2D eigenvalue weighted by molar-refractivity contribution is 4.92. The Labute approximate surface area is 57.6 Å². The zero-order valence-electron chi connectivity index (χ0n) is 5.90. The second kappa shape index (κ2) is 2.32. The second-order valence-electron chi connectivity index (χ2n) is 3.39. The number of rotatable bonds is 0. The first-order valence-corrected chi connectivity index (χ1v) is 4.20. The molecule has 0 aromatic carbocycles. The van der Waals surface area contributed by atoms with Crippen molar-refractivity contribution in [3.8, 4) is 0 Å². The molecule has 50 valence electrons. The summed E-state index contributed by atoms with van der Waals surface area (Å²) >= 11 is 0. The Kier molecular flexibility index (Phi) is 1.48. The molecule has 0 aliphatic heterocycles. The molecule has 0 amide bonds. The van der Waals surface area contributed by atoms with E-state index in [9.17, 15) is 0 Å². The molecule has 0 aromatic rings. The quantitative estimate of drug-likeness (QED) is 0.463. The van der Waals surface area contributed by atoms with E-state index in [4.69, 9.17) is 0 Å². The van der Waals surface area contributed by atoms with E-state index < -0.39 is 0 Å². The molecule has 0 heterocycles. The highest BCUT2D eigenvalue weighted by atomic mass is 14.3. The molecular weight excluding hydrogens is 108 g/mol. The van der Waals surface area contributed by atoms with Gasteiger partial charge in [0.05, 0.1) is 0 Å². The largest absolute Gasteiger partial charge is 0.0530 e. The molecule has 2 unspecified atom stereocenters. The summed E-state index contributed by atoms with van der Waals surface area (Å²) in [6, 6.07) is 0. The van der Waals surface area contributed by atoms with Crippen LogP contribution in [0.15, 0.2) is 0 Å². The molecule has 0 N–H and O–H groups in total. The van der Waals surface area contributed by atoms with Crippen LogP contribution < -0.4 is 0 Å². The molecule has 2 atom stereocenters. The molecule has 0 aromatic heterocycles. The van der Waals surface area contributed by atoms with Gasteiger partial charge < -0.3 is 0 Å². The summed E-state index contributed by atoms with van der Waals surface area (Å²) in [4.78, 5) is 0. The van der Waals surface area contributed by atoms with Crippen molar-refractivity contribution in [1.82, 2.24) is 0 Å². The van der Waals surface area contributed by atoms with Gasteiger partial charge in [-0.05, 0) is 37.5 Å². The minimum absolute atomic E-state index is 0.916. The van der Waals surface area contributed by atoms with Gasteiger partial charge in [0.1, 0.15) is 0 Å². The Morgan fingerprint density at radius 1 is 1.00 bits per heavy atom. The van der Waals surface area contributed by atoms with Crippen molar-refractivity contribution in [2.24, 2.45) is 11.8 Å².